The summed E-state index contributed by atoms with van der Waals surface area (Å²) < 4.78 is 57.8. The molecule has 2 aromatic rings. The topological polar surface area (TPSA) is 117 Å². The molecule has 1 saturated carbocycles. The maximum atomic E-state index is 13.8. The average molecular weight is 522 g/mol. The third-order valence-electron chi connectivity index (χ3n) is 6.74. The van der Waals surface area contributed by atoms with Crippen molar-refractivity contribution in [3.63, 3.8) is 0 Å². The van der Waals surface area contributed by atoms with E-state index in [9.17, 15) is 22.0 Å². The minimum atomic E-state index is -4.01. The zero-order valence-electron chi connectivity index (χ0n) is 21.2. The Kier molecular flexibility index (Phi) is 7.79. The molecule has 1 aliphatic carbocycles. The highest BCUT2D eigenvalue weighted by Gasteiger charge is 2.39. The van der Waals surface area contributed by atoms with Crippen LogP contribution in [-0.4, -0.2) is 36.1 Å². The zero-order valence-corrected chi connectivity index (χ0v) is 22.0. The summed E-state index contributed by atoms with van der Waals surface area (Å²) in [5.41, 5.74) is 0.962. The maximum Gasteiger partial charge on any atom is 0.271 e. The number of aromatic nitrogens is 2. The van der Waals surface area contributed by atoms with Gasteiger partial charge in [0.1, 0.15) is 11.4 Å². The molecule has 1 heterocycles. The van der Waals surface area contributed by atoms with E-state index in [1.54, 1.807) is 12.1 Å². The Hall–Kier alpha value is -3.00. The number of sulfonamides is 1. The Balaban J connectivity index is 1.98. The Morgan fingerprint density at radius 3 is 2.36 bits per heavy atom. The lowest BCUT2D eigenvalue weighted by molar-refractivity contribution is -0.0384. The van der Waals surface area contributed by atoms with Crippen LogP contribution in [0.15, 0.2) is 24.3 Å². The van der Waals surface area contributed by atoms with Gasteiger partial charge in [0.25, 0.3) is 5.91 Å². The van der Waals surface area contributed by atoms with Crippen LogP contribution in [0.3, 0.4) is 0 Å². The first-order chi connectivity index (χ1) is 16.6. The van der Waals surface area contributed by atoms with Crippen LogP contribution >= 0.6 is 0 Å². The van der Waals surface area contributed by atoms with Crippen LogP contribution in [0.25, 0.3) is 0 Å². The van der Waals surface area contributed by atoms with Gasteiger partial charge in [-0.05, 0) is 42.9 Å². The van der Waals surface area contributed by atoms with Crippen molar-refractivity contribution in [2.24, 2.45) is 12.5 Å². The second-order valence-corrected chi connectivity index (χ2v) is 12.3. The molecule has 0 aliphatic heterocycles. The third-order valence-corrected chi connectivity index (χ3v) is 7.97. The van der Waals surface area contributed by atoms with Crippen molar-refractivity contribution in [3.8, 4) is 6.07 Å². The molecule has 1 aliphatic rings. The molecule has 0 unspecified atom stereocenters. The highest BCUT2D eigenvalue weighted by Crippen LogP contribution is 2.43. The molecular formula is C25H33F2N5O3S. The number of aryl methyl sites for hydroxylation is 1. The van der Waals surface area contributed by atoms with E-state index in [1.807, 2.05) is 33.8 Å². The fourth-order valence-corrected chi connectivity index (χ4v) is 5.29. The van der Waals surface area contributed by atoms with Crippen LogP contribution in [0.4, 0.5) is 14.5 Å². The van der Waals surface area contributed by atoms with Crippen molar-refractivity contribution in [3.05, 3.63) is 46.8 Å². The lowest BCUT2D eigenvalue weighted by Crippen LogP contribution is -2.42. The molecule has 0 spiro atoms. The van der Waals surface area contributed by atoms with Crippen molar-refractivity contribution in [1.82, 2.24) is 15.1 Å². The van der Waals surface area contributed by atoms with Crippen molar-refractivity contribution in [2.75, 3.05) is 4.72 Å². The summed E-state index contributed by atoms with van der Waals surface area (Å²) in [5.74, 6) is -4.07. The van der Waals surface area contributed by atoms with Gasteiger partial charge >= 0.3 is 0 Å². The van der Waals surface area contributed by atoms with E-state index >= 15 is 0 Å². The quantitative estimate of drug-likeness (QED) is 0.548. The fraction of sp³-hybridized carbons (Fsp3) is 0.560. The predicted molar refractivity (Wildman–Crippen MR) is 133 cm³/mol. The number of carbonyl (C=O) groups is 1. The van der Waals surface area contributed by atoms with Gasteiger partial charge in [0.15, 0.2) is 0 Å². The molecule has 3 rings (SSSR count). The first-order valence-corrected chi connectivity index (χ1v) is 13.5. The Bertz CT molecular complexity index is 1250. The lowest BCUT2D eigenvalue weighted by Gasteiger charge is -2.28. The Labute approximate surface area is 211 Å². The van der Waals surface area contributed by atoms with Gasteiger partial charge in [-0.2, -0.15) is 10.4 Å². The molecule has 1 amide bonds. The molecule has 1 aromatic carbocycles. The summed E-state index contributed by atoms with van der Waals surface area (Å²) in [6.45, 7) is 7.76. The van der Waals surface area contributed by atoms with Crippen LogP contribution in [0, 0.1) is 16.7 Å². The van der Waals surface area contributed by atoms with Crippen LogP contribution in [-0.2, 0) is 22.8 Å². The summed E-state index contributed by atoms with van der Waals surface area (Å²) in [7, 11) is -2.47. The lowest BCUT2D eigenvalue weighted by atomic mass is 9.84. The Morgan fingerprint density at radius 1 is 1.25 bits per heavy atom. The molecule has 2 N–H and O–H groups in total. The summed E-state index contributed by atoms with van der Waals surface area (Å²) in [6, 6.07) is 7.88. The van der Waals surface area contributed by atoms with Gasteiger partial charge in [-0.1, -0.05) is 32.9 Å². The van der Waals surface area contributed by atoms with Gasteiger partial charge in [-0.25, -0.2) is 17.2 Å². The molecule has 11 heteroatoms. The van der Waals surface area contributed by atoms with Crippen LogP contribution in [0.1, 0.15) is 86.6 Å². The van der Waals surface area contributed by atoms with Crippen molar-refractivity contribution >= 4 is 21.6 Å². The molecule has 1 fully saturated rings. The van der Waals surface area contributed by atoms with Crippen LogP contribution in [0.5, 0.6) is 0 Å². The predicted octanol–water partition coefficient (Wildman–Crippen LogP) is 4.69. The summed E-state index contributed by atoms with van der Waals surface area (Å²) in [4.78, 5) is 13.3. The monoisotopic (exact) mass is 521 g/mol. The van der Waals surface area contributed by atoms with Gasteiger partial charge in [0.05, 0.1) is 23.1 Å². The molecule has 0 radical (unpaired) electrons. The van der Waals surface area contributed by atoms with Crippen molar-refractivity contribution in [1.29, 1.82) is 5.26 Å². The largest absolute Gasteiger partial charge is 0.348 e. The standard InChI is InChI=1S/C25H33F2N5O3S/c1-16(24(2,3)4)29-23(33)22-21(20(30-32(22)5)19-10-12-25(26,27)13-11-19)31-36(34,35)15-18-8-6-17(14-28)7-9-18/h6-9,16,19,31H,10-13,15H2,1-5H3,(H,29,33)/t16-/m0/s1. The Morgan fingerprint density at radius 2 is 1.83 bits per heavy atom. The van der Waals surface area contributed by atoms with Gasteiger partial charge in [0, 0.05) is 31.8 Å². The number of alkyl halides is 2. The second-order valence-electron chi connectivity index (χ2n) is 10.6. The number of rotatable bonds is 7. The molecule has 196 valence electrons. The van der Waals surface area contributed by atoms with Crippen molar-refractivity contribution < 1.29 is 22.0 Å². The number of hydrogen-bond acceptors (Lipinski definition) is 5. The van der Waals surface area contributed by atoms with Gasteiger partial charge in [-0.3, -0.25) is 14.2 Å². The number of amides is 1. The first kappa shape index (κ1) is 27.6. The minimum absolute atomic E-state index is 0.0278. The molecule has 1 aromatic heterocycles. The number of anilines is 1. The van der Waals surface area contributed by atoms with E-state index < -0.39 is 33.5 Å². The van der Waals surface area contributed by atoms with E-state index in [2.05, 4.69) is 15.1 Å². The summed E-state index contributed by atoms with van der Waals surface area (Å²) in [6.07, 6.45) is -0.385. The molecule has 0 bridgehead atoms. The minimum Gasteiger partial charge on any atom is -0.348 e. The van der Waals surface area contributed by atoms with Gasteiger partial charge < -0.3 is 5.32 Å². The molecular weight excluding hydrogens is 488 g/mol. The van der Waals surface area contributed by atoms with Crippen LogP contribution < -0.4 is 10.0 Å². The summed E-state index contributed by atoms with van der Waals surface area (Å²) in [5, 5.41) is 16.3. The second kappa shape index (κ2) is 10.2. The van der Waals surface area contributed by atoms with E-state index in [0.29, 0.717) is 16.8 Å². The fourth-order valence-electron chi connectivity index (χ4n) is 4.07. The molecule has 36 heavy (non-hydrogen) atoms. The van der Waals surface area contributed by atoms with Crippen molar-refractivity contribution in [2.45, 2.75) is 77.0 Å². The van der Waals surface area contributed by atoms with Gasteiger partial charge in [-0.15, -0.1) is 0 Å². The molecule has 0 saturated heterocycles. The average Bonchev–Trinajstić information content (AvgIpc) is 3.08. The number of benzene rings is 1. The highest BCUT2D eigenvalue weighted by atomic mass is 32.2. The van der Waals surface area contributed by atoms with Crippen LogP contribution in [0.2, 0.25) is 0 Å². The number of hydrogen-bond donors (Lipinski definition) is 2. The first-order valence-electron chi connectivity index (χ1n) is 11.9. The van der Waals surface area contributed by atoms with E-state index in [-0.39, 0.29) is 48.5 Å². The summed E-state index contributed by atoms with van der Waals surface area (Å²) >= 11 is 0. The van der Waals surface area contributed by atoms with E-state index in [0.717, 1.165) is 0 Å². The zero-order chi connectivity index (χ0) is 26.9. The number of nitriles is 1. The number of halogens is 2. The number of carbonyl (C=O) groups excluding carboxylic acids is 1. The smallest absolute Gasteiger partial charge is 0.271 e. The maximum absolute atomic E-state index is 13.8. The molecule has 1 atom stereocenters. The van der Waals surface area contributed by atoms with Gasteiger partial charge in [0.2, 0.25) is 15.9 Å². The van der Waals surface area contributed by atoms with E-state index in [4.69, 9.17) is 5.26 Å². The SMILES string of the molecule is C[C@H](NC(=O)c1c(NS(=O)(=O)Cc2ccc(C#N)cc2)c(C2CCC(F)(F)CC2)nn1C)C(C)(C)C. The third kappa shape index (κ3) is 6.60. The van der Waals surface area contributed by atoms with E-state index in [1.165, 1.54) is 23.9 Å². The number of nitrogens with zero attached hydrogens (tertiary/aromatic N) is 3. The normalized spacial score (nSPS) is 17.3. The molecule has 8 nitrogen and oxygen atoms in total. The number of nitrogens with one attached hydrogen (secondary N) is 2. The highest BCUT2D eigenvalue weighted by molar-refractivity contribution is 7.91.